The molecule has 1 fully saturated rings. The molecule has 0 unspecified atom stereocenters. The fourth-order valence-electron chi connectivity index (χ4n) is 2.97. The highest BCUT2D eigenvalue weighted by Gasteiger charge is 2.26. The molecule has 26 heavy (non-hydrogen) atoms. The molecule has 8 heteroatoms. The van der Waals surface area contributed by atoms with Crippen molar-refractivity contribution in [2.45, 2.75) is 36.8 Å². The number of pyridine rings is 2. The molecular formula is C18H20N4O3S. The Bertz CT molecular complexity index is 1040. The number of aromatic nitrogens is 3. The number of aliphatic hydroxyl groups excluding tert-OH is 1. The first-order valence-corrected chi connectivity index (χ1v) is 10.0. The molecule has 3 aromatic heterocycles. The summed E-state index contributed by atoms with van der Waals surface area (Å²) in [6, 6.07) is 6.68. The van der Waals surface area contributed by atoms with Gasteiger partial charge >= 0.3 is 0 Å². The average molecular weight is 372 g/mol. The first kappa shape index (κ1) is 17.1. The predicted octanol–water partition coefficient (Wildman–Crippen LogP) is 2.16. The van der Waals surface area contributed by atoms with Gasteiger partial charge in [-0.25, -0.2) is 23.1 Å². The minimum atomic E-state index is -3.75. The van der Waals surface area contributed by atoms with Crippen molar-refractivity contribution >= 4 is 21.1 Å². The number of hydrogen-bond donors (Lipinski definition) is 3. The number of rotatable bonds is 6. The monoisotopic (exact) mass is 372 g/mol. The van der Waals surface area contributed by atoms with Gasteiger partial charge in [-0.1, -0.05) is 0 Å². The molecule has 7 nitrogen and oxygen atoms in total. The summed E-state index contributed by atoms with van der Waals surface area (Å²) in [5.41, 5.74) is 3.83. The zero-order valence-electron chi connectivity index (χ0n) is 14.3. The lowest BCUT2D eigenvalue weighted by molar-refractivity contribution is 0.265. The second-order valence-corrected chi connectivity index (χ2v) is 8.37. The van der Waals surface area contributed by atoms with Crippen molar-refractivity contribution in [3.8, 4) is 11.1 Å². The van der Waals surface area contributed by atoms with Crippen LogP contribution in [0.5, 0.6) is 0 Å². The van der Waals surface area contributed by atoms with Crippen LogP contribution < -0.4 is 4.72 Å². The second-order valence-electron chi connectivity index (χ2n) is 6.71. The van der Waals surface area contributed by atoms with E-state index in [1.165, 1.54) is 24.6 Å². The molecule has 3 heterocycles. The third-order valence-electron chi connectivity index (χ3n) is 4.52. The Kier molecular flexibility index (Phi) is 4.26. The fourth-order valence-corrected chi connectivity index (χ4v) is 4.14. The molecule has 0 radical (unpaired) electrons. The predicted molar refractivity (Wildman–Crippen MR) is 98.2 cm³/mol. The number of H-pyrrole nitrogens is 1. The molecule has 1 saturated carbocycles. The van der Waals surface area contributed by atoms with E-state index in [-0.39, 0.29) is 11.6 Å². The summed E-state index contributed by atoms with van der Waals surface area (Å²) < 4.78 is 26.9. The number of aromatic amines is 1. The van der Waals surface area contributed by atoms with Crippen LogP contribution >= 0.6 is 0 Å². The standard InChI is InChI=1S/C18H20N4O3S/c1-11(10-23)22-26(24,25)17-5-4-13(9-20-17)14-6-7-19-18-15(14)8-16(21-18)12-2-3-12/h4-9,11-12,22-23H,2-3,10H2,1H3,(H,19,21)/t11-/m1/s1. The molecule has 0 bridgehead atoms. The van der Waals surface area contributed by atoms with Gasteiger partial charge in [0.1, 0.15) is 5.65 Å². The molecule has 0 spiro atoms. The highest BCUT2D eigenvalue weighted by atomic mass is 32.2. The fraction of sp³-hybridized carbons (Fsp3) is 0.333. The van der Waals surface area contributed by atoms with Crippen molar-refractivity contribution in [1.82, 2.24) is 19.7 Å². The number of sulfonamides is 1. The third kappa shape index (κ3) is 3.23. The van der Waals surface area contributed by atoms with Crippen LogP contribution in [0.4, 0.5) is 0 Å². The lowest BCUT2D eigenvalue weighted by atomic mass is 10.1. The van der Waals surface area contributed by atoms with Crippen molar-refractivity contribution in [2.75, 3.05) is 6.61 Å². The molecule has 0 saturated heterocycles. The van der Waals surface area contributed by atoms with E-state index in [9.17, 15) is 8.42 Å². The largest absolute Gasteiger partial charge is 0.395 e. The van der Waals surface area contributed by atoms with E-state index in [0.29, 0.717) is 5.92 Å². The summed E-state index contributed by atoms with van der Waals surface area (Å²) in [6.07, 6.45) is 5.70. The Balaban J connectivity index is 1.68. The Labute approximate surface area is 151 Å². The van der Waals surface area contributed by atoms with Gasteiger partial charge in [0.2, 0.25) is 0 Å². The summed E-state index contributed by atoms with van der Waals surface area (Å²) in [6.45, 7) is 1.31. The van der Waals surface area contributed by atoms with Gasteiger partial charge in [0, 0.05) is 35.1 Å². The zero-order chi connectivity index (χ0) is 18.3. The average Bonchev–Trinajstić information content (AvgIpc) is 3.39. The molecule has 1 aliphatic carbocycles. The van der Waals surface area contributed by atoms with Crippen LogP contribution in [-0.2, 0) is 10.0 Å². The molecule has 136 valence electrons. The van der Waals surface area contributed by atoms with E-state index in [4.69, 9.17) is 5.11 Å². The van der Waals surface area contributed by atoms with E-state index in [1.807, 2.05) is 6.07 Å². The summed E-state index contributed by atoms with van der Waals surface area (Å²) >= 11 is 0. The van der Waals surface area contributed by atoms with Crippen molar-refractivity contribution in [3.05, 3.63) is 42.4 Å². The molecule has 0 amide bonds. The SMILES string of the molecule is C[C@H](CO)NS(=O)(=O)c1ccc(-c2ccnc3[nH]c(C4CC4)cc23)cn1. The van der Waals surface area contributed by atoms with E-state index in [0.717, 1.165) is 22.2 Å². The van der Waals surface area contributed by atoms with E-state index in [1.54, 1.807) is 25.4 Å². The van der Waals surface area contributed by atoms with Crippen LogP contribution in [-0.4, -0.2) is 41.1 Å². The number of nitrogens with one attached hydrogen (secondary N) is 2. The number of hydrogen-bond acceptors (Lipinski definition) is 5. The van der Waals surface area contributed by atoms with Crippen molar-refractivity contribution < 1.29 is 13.5 Å². The van der Waals surface area contributed by atoms with Gasteiger partial charge in [-0.2, -0.15) is 0 Å². The maximum absolute atomic E-state index is 12.2. The first-order chi connectivity index (χ1) is 12.5. The van der Waals surface area contributed by atoms with Crippen LogP contribution in [0.15, 0.2) is 41.7 Å². The van der Waals surface area contributed by atoms with Crippen LogP contribution in [0.1, 0.15) is 31.4 Å². The van der Waals surface area contributed by atoms with Gasteiger partial charge in [0.15, 0.2) is 5.03 Å². The van der Waals surface area contributed by atoms with Gasteiger partial charge in [0.05, 0.1) is 6.61 Å². The van der Waals surface area contributed by atoms with E-state index < -0.39 is 16.1 Å². The molecule has 0 aromatic carbocycles. The van der Waals surface area contributed by atoms with E-state index in [2.05, 4.69) is 25.7 Å². The molecule has 1 aliphatic rings. The van der Waals surface area contributed by atoms with Crippen LogP contribution in [0.25, 0.3) is 22.2 Å². The first-order valence-electron chi connectivity index (χ1n) is 8.55. The maximum atomic E-state index is 12.2. The molecule has 1 atom stereocenters. The highest BCUT2D eigenvalue weighted by molar-refractivity contribution is 7.89. The smallest absolute Gasteiger partial charge is 0.258 e. The van der Waals surface area contributed by atoms with Gasteiger partial charge in [-0.15, -0.1) is 0 Å². The Morgan fingerprint density at radius 1 is 1.31 bits per heavy atom. The molecule has 4 rings (SSSR count). The van der Waals surface area contributed by atoms with Crippen LogP contribution in [0, 0.1) is 0 Å². The quantitative estimate of drug-likeness (QED) is 0.614. The Morgan fingerprint density at radius 3 is 2.77 bits per heavy atom. The molecular weight excluding hydrogens is 352 g/mol. The summed E-state index contributed by atoms with van der Waals surface area (Å²) in [4.78, 5) is 11.9. The number of aliphatic hydroxyl groups is 1. The van der Waals surface area contributed by atoms with E-state index >= 15 is 0 Å². The molecule has 3 aromatic rings. The zero-order valence-corrected chi connectivity index (χ0v) is 15.1. The summed E-state index contributed by atoms with van der Waals surface area (Å²) in [7, 11) is -3.75. The minimum Gasteiger partial charge on any atom is -0.395 e. The molecule has 0 aliphatic heterocycles. The topological polar surface area (TPSA) is 108 Å². The van der Waals surface area contributed by atoms with Gasteiger partial charge < -0.3 is 10.1 Å². The summed E-state index contributed by atoms with van der Waals surface area (Å²) in [5, 5.41) is 9.97. The van der Waals surface area contributed by atoms with Crippen molar-refractivity contribution in [1.29, 1.82) is 0 Å². The summed E-state index contributed by atoms with van der Waals surface area (Å²) in [5.74, 6) is 0.599. The van der Waals surface area contributed by atoms with Gasteiger partial charge in [-0.05, 0) is 55.5 Å². The van der Waals surface area contributed by atoms with Crippen molar-refractivity contribution in [2.24, 2.45) is 0 Å². The number of fused-ring (bicyclic) bond motifs is 1. The lowest BCUT2D eigenvalue weighted by Crippen LogP contribution is -2.35. The number of nitrogens with zero attached hydrogens (tertiary/aromatic N) is 2. The van der Waals surface area contributed by atoms with Crippen LogP contribution in [0.2, 0.25) is 0 Å². The minimum absolute atomic E-state index is 0.0698. The van der Waals surface area contributed by atoms with Gasteiger partial charge in [-0.3, -0.25) is 0 Å². The van der Waals surface area contributed by atoms with Gasteiger partial charge in [0.25, 0.3) is 10.0 Å². The highest BCUT2D eigenvalue weighted by Crippen LogP contribution is 2.41. The Morgan fingerprint density at radius 2 is 2.12 bits per heavy atom. The van der Waals surface area contributed by atoms with Crippen molar-refractivity contribution in [3.63, 3.8) is 0 Å². The normalized spacial score (nSPS) is 16.1. The van der Waals surface area contributed by atoms with Crippen LogP contribution in [0.3, 0.4) is 0 Å². The molecule has 3 N–H and O–H groups in total. The lowest BCUT2D eigenvalue weighted by Gasteiger charge is -2.11. The Hall–Kier alpha value is -2.29. The third-order valence-corrected chi connectivity index (χ3v) is 6.03. The maximum Gasteiger partial charge on any atom is 0.258 e. The second kappa shape index (κ2) is 6.46.